The number of hydrogen-bond donors (Lipinski definition) is 0. The van der Waals surface area contributed by atoms with Gasteiger partial charge in [-0.15, -0.1) is 0 Å². The fourth-order valence-electron chi connectivity index (χ4n) is 10.5. The monoisotopic (exact) mass is 818 g/mol. The molecule has 0 saturated carbocycles. The number of rotatable bonds is 2. The number of anilines is 3. The molecule has 0 radical (unpaired) electrons. The highest BCUT2D eigenvalue weighted by Crippen LogP contribution is 2.55. The molecular formula is C54H35BN2O2S2. The summed E-state index contributed by atoms with van der Waals surface area (Å²) in [7, 11) is 0. The lowest BCUT2D eigenvalue weighted by Gasteiger charge is -2.42. The lowest BCUT2D eigenvalue weighted by Crippen LogP contribution is -2.56. The lowest BCUT2D eigenvalue weighted by molar-refractivity contribution is 0.590. The van der Waals surface area contributed by atoms with Gasteiger partial charge in [-0.05, 0) is 87.6 Å². The molecule has 7 heteroatoms. The molecule has 3 aliphatic heterocycles. The summed E-state index contributed by atoms with van der Waals surface area (Å²) in [4.78, 5) is 7.71. The van der Waals surface area contributed by atoms with Gasteiger partial charge in [-0.25, -0.2) is 0 Å². The van der Waals surface area contributed by atoms with E-state index in [9.17, 15) is 0 Å². The molecule has 8 aromatic carbocycles. The summed E-state index contributed by atoms with van der Waals surface area (Å²) in [5.41, 5.74) is 16.8. The van der Waals surface area contributed by atoms with Crippen LogP contribution in [0.1, 0.15) is 26.3 Å². The summed E-state index contributed by atoms with van der Waals surface area (Å²) >= 11 is 3.75. The molecule has 288 valence electrons. The number of benzene rings is 8. The van der Waals surface area contributed by atoms with Crippen molar-refractivity contribution >= 4 is 113 Å². The van der Waals surface area contributed by atoms with Gasteiger partial charge in [-0.2, -0.15) is 0 Å². The Labute approximate surface area is 360 Å². The van der Waals surface area contributed by atoms with Crippen molar-refractivity contribution in [1.29, 1.82) is 0 Å². The van der Waals surface area contributed by atoms with Gasteiger partial charge in [0.05, 0.1) is 22.1 Å². The van der Waals surface area contributed by atoms with Crippen LogP contribution in [0.4, 0.5) is 17.1 Å². The Morgan fingerprint density at radius 2 is 1.18 bits per heavy atom. The summed E-state index contributed by atoms with van der Waals surface area (Å²) < 4.78 is 16.5. The number of fused-ring (bicyclic) bond motifs is 15. The Morgan fingerprint density at radius 3 is 1.95 bits per heavy atom. The molecule has 0 amide bonds. The number of aromatic nitrogens is 1. The molecule has 6 heterocycles. The molecule has 3 aromatic heterocycles. The average molecular weight is 819 g/mol. The molecule has 0 saturated heterocycles. The standard InChI is InChI=1S/C54H35BN2O2S2/c1-54(2,3)31-24-25-39(36(26-31)30-14-5-4-6-15-30)56-40-29-47-46(60-44-22-11-12-23-45(44)61-47)28-38(40)55-50-37(27-43-49(52(50)56)34-17-8-9-20-41(34)58-43)32-18-13-19-35-48-33-16-7-10-21-42(33)59-53(48)57(55)51(32)35/h4-29H,1-3H3. The van der Waals surface area contributed by atoms with Gasteiger partial charge in [0.1, 0.15) is 16.7 Å². The first kappa shape index (κ1) is 34.2. The highest BCUT2D eigenvalue weighted by atomic mass is 32.2. The van der Waals surface area contributed by atoms with E-state index in [0.717, 1.165) is 50.0 Å². The number of nitrogens with zero attached hydrogens (tertiary/aromatic N) is 2. The van der Waals surface area contributed by atoms with Gasteiger partial charge in [0.25, 0.3) is 0 Å². The van der Waals surface area contributed by atoms with Crippen molar-refractivity contribution in [2.24, 2.45) is 0 Å². The van der Waals surface area contributed by atoms with E-state index in [-0.39, 0.29) is 12.3 Å². The summed E-state index contributed by atoms with van der Waals surface area (Å²) in [5.74, 6) is 0. The predicted molar refractivity (Wildman–Crippen MR) is 256 cm³/mol. The molecule has 0 N–H and O–H groups in total. The van der Waals surface area contributed by atoms with E-state index in [0.29, 0.717) is 0 Å². The summed E-state index contributed by atoms with van der Waals surface area (Å²) in [6.45, 7) is 6.73. The normalized spacial score (nSPS) is 14.0. The van der Waals surface area contributed by atoms with E-state index >= 15 is 0 Å². The topological polar surface area (TPSA) is 34.5 Å². The van der Waals surface area contributed by atoms with E-state index in [2.05, 4.69) is 188 Å². The molecule has 0 atom stereocenters. The van der Waals surface area contributed by atoms with Crippen LogP contribution in [0.15, 0.2) is 186 Å². The minimum absolute atomic E-state index is 0.0469. The van der Waals surface area contributed by atoms with Crippen LogP contribution in [0.5, 0.6) is 0 Å². The van der Waals surface area contributed by atoms with Crippen LogP contribution >= 0.6 is 23.5 Å². The van der Waals surface area contributed by atoms with Gasteiger partial charge < -0.3 is 18.2 Å². The zero-order chi connectivity index (χ0) is 40.3. The second kappa shape index (κ2) is 12.1. The van der Waals surface area contributed by atoms with E-state index in [1.165, 1.54) is 80.3 Å². The fourth-order valence-corrected chi connectivity index (χ4v) is 12.8. The zero-order valence-corrected chi connectivity index (χ0v) is 35.2. The van der Waals surface area contributed by atoms with Crippen LogP contribution in [-0.4, -0.2) is 11.3 Å². The van der Waals surface area contributed by atoms with Gasteiger partial charge in [0, 0.05) is 58.1 Å². The Bertz CT molecular complexity index is 3720. The first-order valence-electron chi connectivity index (χ1n) is 20.9. The molecular weight excluding hydrogens is 784 g/mol. The molecule has 61 heavy (non-hydrogen) atoms. The van der Waals surface area contributed by atoms with E-state index in [4.69, 9.17) is 8.83 Å². The molecule has 0 unspecified atom stereocenters. The maximum absolute atomic E-state index is 7.03. The van der Waals surface area contributed by atoms with Crippen molar-refractivity contribution in [3.63, 3.8) is 0 Å². The second-order valence-corrected chi connectivity index (χ2v) is 19.8. The number of hydrogen-bond acceptors (Lipinski definition) is 5. The highest BCUT2D eigenvalue weighted by Gasteiger charge is 2.46. The van der Waals surface area contributed by atoms with Crippen LogP contribution < -0.4 is 15.8 Å². The van der Waals surface area contributed by atoms with Crippen LogP contribution in [0.2, 0.25) is 0 Å². The molecule has 0 fully saturated rings. The quantitative estimate of drug-likeness (QED) is 0.162. The Morgan fingerprint density at radius 1 is 0.508 bits per heavy atom. The van der Waals surface area contributed by atoms with Crippen LogP contribution in [-0.2, 0) is 5.41 Å². The average Bonchev–Trinajstić information content (AvgIpc) is 3.95. The van der Waals surface area contributed by atoms with Crippen LogP contribution in [0.25, 0.3) is 77.2 Å². The summed E-state index contributed by atoms with van der Waals surface area (Å²) in [5, 5.41) is 5.75. The second-order valence-electron chi connectivity index (χ2n) is 17.6. The zero-order valence-electron chi connectivity index (χ0n) is 33.6. The van der Waals surface area contributed by atoms with Crippen molar-refractivity contribution in [2.45, 2.75) is 45.8 Å². The molecule has 14 rings (SSSR count). The van der Waals surface area contributed by atoms with E-state index in [1.54, 1.807) is 0 Å². The van der Waals surface area contributed by atoms with Gasteiger partial charge >= 0.3 is 6.85 Å². The third-order valence-electron chi connectivity index (χ3n) is 13.2. The highest BCUT2D eigenvalue weighted by molar-refractivity contribution is 8.05. The van der Waals surface area contributed by atoms with E-state index in [1.807, 2.05) is 23.5 Å². The third-order valence-corrected chi connectivity index (χ3v) is 15.7. The molecule has 0 bridgehead atoms. The van der Waals surface area contributed by atoms with Crippen molar-refractivity contribution in [3.8, 4) is 22.3 Å². The van der Waals surface area contributed by atoms with Crippen molar-refractivity contribution in [3.05, 3.63) is 163 Å². The predicted octanol–water partition coefficient (Wildman–Crippen LogP) is 14.4. The van der Waals surface area contributed by atoms with Crippen LogP contribution in [0, 0.1) is 0 Å². The van der Waals surface area contributed by atoms with Crippen LogP contribution in [0.3, 0.4) is 0 Å². The van der Waals surface area contributed by atoms with Crippen molar-refractivity contribution < 1.29 is 8.83 Å². The Kier molecular flexibility index (Phi) is 6.76. The minimum atomic E-state index is -0.188. The number of para-hydroxylation sites is 3. The largest absolute Gasteiger partial charge is 0.456 e. The minimum Gasteiger partial charge on any atom is -0.456 e. The Balaban J connectivity index is 1.19. The molecule has 3 aliphatic rings. The SMILES string of the molecule is CC(C)(C)c1ccc(N2c3cc4c(cc3B3c5c(cc6oc7ccccc7c6c52)-c2cccc5c6c7ccccc7oc6n3c25)Sc2ccccc2S4)c(-c2ccccc2)c1. The molecule has 0 aliphatic carbocycles. The number of furan rings is 2. The van der Waals surface area contributed by atoms with Crippen molar-refractivity contribution in [2.75, 3.05) is 4.90 Å². The van der Waals surface area contributed by atoms with Crippen molar-refractivity contribution in [1.82, 2.24) is 4.48 Å². The summed E-state index contributed by atoms with van der Waals surface area (Å²) in [6, 6.07) is 58.0. The lowest BCUT2D eigenvalue weighted by atomic mass is 9.45. The van der Waals surface area contributed by atoms with Gasteiger partial charge in [0.2, 0.25) is 0 Å². The first-order chi connectivity index (χ1) is 29.9. The maximum Gasteiger partial charge on any atom is 0.336 e. The van der Waals surface area contributed by atoms with E-state index < -0.39 is 0 Å². The summed E-state index contributed by atoms with van der Waals surface area (Å²) in [6.07, 6.45) is 0. The maximum atomic E-state index is 7.03. The Hall–Kier alpha value is -6.54. The molecule has 4 nitrogen and oxygen atoms in total. The first-order valence-corrected chi connectivity index (χ1v) is 22.6. The fraction of sp³-hybridized carbons (Fsp3) is 0.0741. The third kappa shape index (κ3) is 4.60. The molecule has 0 spiro atoms. The van der Waals surface area contributed by atoms with Gasteiger partial charge in [-0.3, -0.25) is 0 Å². The van der Waals surface area contributed by atoms with Gasteiger partial charge in [0.15, 0.2) is 5.71 Å². The molecule has 11 aromatic rings. The van der Waals surface area contributed by atoms with Gasteiger partial charge in [-0.1, -0.05) is 147 Å². The smallest absolute Gasteiger partial charge is 0.336 e.